The number of hydrogen-bond acceptors (Lipinski definition) is 4. The van der Waals surface area contributed by atoms with Gasteiger partial charge in [0.1, 0.15) is 0 Å². The third kappa shape index (κ3) is 4.21. The molecule has 3 atom stereocenters. The number of rotatable bonds is 6. The number of carboxylic acids is 1. The predicted molar refractivity (Wildman–Crippen MR) is 45.5 cm³/mol. The molecule has 13 heavy (non-hydrogen) atoms. The van der Waals surface area contributed by atoms with Crippen molar-refractivity contribution in [2.75, 3.05) is 14.2 Å². The number of methoxy groups -OCH3 is 2. The van der Waals surface area contributed by atoms with Crippen LogP contribution in [0.25, 0.3) is 0 Å². The summed E-state index contributed by atoms with van der Waals surface area (Å²) < 4.78 is 14.7. The molecule has 5 nitrogen and oxygen atoms in total. The lowest BCUT2D eigenvalue weighted by Crippen LogP contribution is -2.38. The lowest BCUT2D eigenvalue weighted by Gasteiger charge is -2.22. The van der Waals surface area contributed by atoms with E-state index in [-0.39, 0.29) is 0 Å². The van der Waals surface area contributed by atoms with Crippen molar-refractivity contribution in [1.29, 1.82) is 0 Å². The summed E-state index contributed by atoms with van der Waals surface area (Å²) in [7, 11) is 2.88. The van der Waals surface area contributed by atoms with E-state index in [9.17, 15) is 4.79 Å². The Bertz CT molecular complexity index is 159. The lowest BCUT2D eigenvalue weighted by molar-refractivity contribution is -0.193. The smallest absolute Gasteiger partial charge is 0.335 e. The molecule has 0 fully saturated rings. The quantitative estimate of drug-likeness (QED) is 0.620. The maximum absolute atomic E-state index is 10.7. The van der Waals surface area contributed by atoms with E-state index >= 15 is 0 Å². The summed E-state index contributed by atoms with van der Waals surface area (Å²) in [6, 6.07) is 0. The van der Waals surface area contributed by atoms with E-state index in [0.717, 1.165) is 0 Å². The molecule has 0 spiro atoms. The molecule has 78 valence electrons. The Morgan fingerprint density at radius 3 is 2.08 bits per heavy atom. The van der Waals surface area contributed by atoms with Crippen LogP contribution in [0.3, 0.4) is 0 Å². The molecule has 0 aromatic heterocycles. The summed E-state index contributed by atoms with van der Waals surface area (Å²) in [5, 5.41) is 8.76. The monoisotopic (exact) mass is 192 g/mol. The average molecular weight is 192 g/mol. The summed E-state index contributed by atoms with van der Waals surface area (Å²) in [4.78, 5) is 10.7. The zero-order valence-electron chi connectivity index (χ0n) is 8.31. The van der Waals surface area contributed by atoms with E-state index in [1.807, 2.05) is 0 Å². The van der Waals surface area contributed by atoms with Gasteiger partial charge in [-0.05, 0) is 13.8 Å². The first kappa shape index (κ1) is 12.3. The van der Waals surface area contributed by atoms with Gasteiger partial charge in [-0.3, -0.25) is 0 Å². The van der Waals surface area contributed by atoms with Crippen LogP contribution < -0.4 is 0 Å². The van der Waals surface area contributed by atoms with Crippen LogP contribution in [-0.4, -0.2) is 43.8 Å². The molecule has 5 heteroatoms. The van der Waals surface area contributed by atoms with Crippen LogP contribution in [0.2, 0.25) is 0 Å². The average Bonchev–Trinajstić information content (AvgIpc) is 2.11. The lowest BCUT2D eigenvalue weighted by atomic mass is 10.2. The Morgan fingerprint density at radius 2 is 1.77 bits per heavy atom. The number of hydrogen-bond donors (Lipinski definition) is 1. The number of carboxylic acid groups (broad SMARTS) is 1. The van der Waals surface area contributed by atoms with Gasteiger partial charge in [0.15, 0.2) is 12.4 Å². The fourth-order valence-corrected chi connectivity index (χ4v) is 0.755. The Kier molecular flexibility index (Phi) is 5.61. The van der Waals surface area contributed by atoms with Crippen molar-refractivity contribution >= 4 is 5.97 Å². The molecule has 0 saturated heterocycles. The molecular weight excluding hydrogens is 176 g/mol. The van der Waals surface area contributed by atoms with Gasteiger partial charge in [0.25, 0.3) is 0 Å². The molecule has 3 unspecified atom stereocenters. The molecule has 0 amide bonds. The first-order valence-corrected chi connectivity index (χ1v) is 3.96. The maximum Gasteiger partial charge on any atom is 0.335 e. The van der Waals surface area contributed by atoms with Crippen LogP contribution in [0.5, 0.6) is 0 Å². The van der Waals surface area contributed by atoms with Crippen molar-refractivity contribution in [3.05, 3.63) is 0 Å². The van der Waals surface area contributed by atoms with Gasteiger partial charge in [0.2, 0.25) is 0 Å². The zero-order chi connectivity index (χ0) is 10.4. The third-order valence-electron chi connectivity index (χ3n) is 1.71. The summed E-state index contributed by atoms with van der Waals surface area (Å²) in [6.45, 7) is 3.25. The predicted octanol–water partition coefficient (Wildman–Crippen LogP) is 0.483. The zero-order valence-corrected chi connectivity index (χ0v) is 8.31. The van der Waals surface area contributed by atoms with Crippen LogP contribution in [-0.2, 0) is 19.0 Å². The molecule has 1 N–H and O–H groups in total. The summed E-state index contributed by atoms with van der Waals surface area (Å²) >= 11 is 0. The number of ether oxygens (including phenoxy) is 3. The van der Waals surface area contributed by atoms with Crippen LogP contribution in [0.1, 0.15) is 13.8 Å². The van der Waals surface area contributed by atoms with Crippen LogP contribution in [0.4, 0.5) is 0 Å². The highest BCUT2D eigenvalue weighted by Gasteiger charge is 2.27. The number of aliphatic carboxylic acids is 1. The van der Waals surface area contributed by atoms with E-state index in [1.54, 1.807) is 13.8 Å². The van der Waals surface area contributed by atoms with E-state index in [0.29, 0.717) is 0 Å². The van der Waals surface area contributed by atoms with E-state index in [2.05, 4.69) is 0 Å². The fraction of sp³-hybridized carbons (Fsp3) is 0.875. The molecule has 0 aromatic rings. The Balaban J connectivity index is 4.17. The molecule has 0 aromatic carbocycles. The van der Waals surface area contributed by atoms with Crippen molar-refractivity contribution in [2.45, 2.75) is 32.3 Å². The van der Waals surface area contributed by atoms with Crippen molar-refractivity contribution in [1.82, 2.24) is 0 Å². The molecule has 0 aliphatic heterocycles. The molecule has 0 bridgehead atoms. The van der Waals surface area contributed by atoms with Crippen molar-refractivity contribution in [3.8, 4) is 0 Å². The fourth-order valence-electron chi connectivity index (χ4n) is 0.755. The molecule has 0 aliphatic carbocycles. The normalized spacial score (nSPS) is 17.8. The molecule has 0 saturated carbocycles. The number of carbonyl (C=O) groups is 1. The minimum atomic E-state index is -1.06. The van der Waals surface area contributed by atoms with Gasteiger partial charge in [-0.1, -0.05) is 0 Å². The van der Waals surface area contributed by atoms with Crippen molar-refractivity contribution in [2.24, 2.45) is 0 Å². The summed E-state index contributed by atoms with van der Waals surface area (Å²) in [5.74, 6) is -1.06. The van der Waals surface area contributed by atoms with Gasteiger partial charge in [-0.25, -0.2) is 4.79 Å². The van der Waals surface area contributed by atoms with Gasteiger partial charge < -0.3 is 19.3 Å². The third-order valence-corrected chi connectivity index (χ3v) is 1.71. The second-order valence-electron chi connectivity index (χ2n) is 2.64. The van der Waals surface area contributed by atoms with Crippen molar-refractivity contribution < 1.29 is 24.1 Å². The van der Waals surface area contributed by atoms with Gasteiger partial charge >= 0.3 is 5.97 Å². The topological polar surface area (TPSA) is 65.0 Å². The molecule has 0 aliphatic rings. The minimum absolute atomic E-state index is 0.505. The summed E-state index contributed by atoms with van der Waals surface area (Å²) in [6.07, 6.45) is -2.06. The van der Waals surface area contributed by atoms with Crippen LogP contribution in [0, 0.1) is 0 Å². The molecular formula is C8H16O5. The highest BCUT2D eigenvalue weighted by atomic mass is 16.7. The Labute approximate surface area is 77.6 Å². The van der Waals surface area contributed by atoms with Gasteiger partial charge in [0.05, 0.1) is 6.10 Å². The van der Waals surface area contributed by atoms with Crippen LogP contribution >= 0.6 is 0 Å². The minimum Gasteiger partial charge on any atom is -0.479 e. The second kappa shape index (κ2) is 5.90. The highest BCUT2D eigenvalue weighted by Crippen LogP contribution is 2.07. The standard InChI is InChI=1S/C8H16O5/c1-5(11-3)7(8(9)10)13-6(2)12-4/h5-7H,1-4H3,(H,9,10). The Hall–Kier alpha value is -0.650. The maximum atomic E-state index is 10.7. The molecule has 0 rings (SSSR count). The van der Waals surface area contributed by atoms with E-state index in [4.69, 9.17) is 19.3 Å². The SMILES string of the molecule is COC(C)OC(C(=O)O)C(C)OC. The molecule has 0 radical (unpaired) electrons. The second-order valence-corrected chi connectivity index (χ2v) is 2.64. The molecule has 0 heterocycles. The van der Waals surface area contributed by atoms with Crippen molar-refractivity contribution in [3.63, 3.8) is 0 Å². The van der Waals surface area contributed by atoms with Gasteiger partial charge in [-0.2, -0.15) is 0 Å². The van der Waals surface area contributed by atoms with E-state index < -0.39 is 24.5 Å². The largest absolute Gasteiger partial charge is 0.479 e. The Morgan fingerprint density at radius 1 is 1.23 bits per heavy atom. The first-order chi connectivity index (χ1) is 6.02. The van der Waals surface area contributed by atoms with Crippen LogP contribution in [0.15, 0.2) is 0 Å². The van der Waals surface area contributed by atoms with Gasteiger partial charge in [0, 0.05) is 14.2 Å². The van der Waals surface area contributed by atoms with E-state index in [1.165, 1.54) is 14.2 Å². The van der Waals surface area contributed by atoms with Gasteiger partial charge in [-0.15, -0.1) is 0 Å². The first-order valence-electron chi connectivity index (χ1n) is 3.96. The highest BCUT2D eigenvalue weighted by molar-refractivity contribution is 5.73. The summed E-state index contributed by atoms with van der Waals surface area (Å²) in [5.41, 5.74) is 0.